The summed E-state index contributed by atoms with van der Waals surface area (Å²) in [5.41, 5.74) is 2.98. The molecule has 0 unspecified atom stereocenters. The third-order valence-corrected chi connectivity index (χ3v) is 5.29. The van der Waals surface area contributed by atoms with Gasteiger partial charge >= 0.3 is 5.97 Å². The van der Waals surface area contributed by atoms with Crippen LogP contribution < -0.4 is 0 Å². The number of hydrogen-bond donors (Lipinski definition) is 0. The van der Waals surface area contributed by atoms with Crippen molar-refractivity contribution in [3.8, 4) is 0 Å². The summed E-state index contributed by atoms with van der Waals surface area (Å²) in [7, 11) is 1.55. The fraction of sp³-hybridized carbons (Fsp3) is 0.421. The van der Waals surface area contributed by atoms with Gasteiger partial charge in [-0.25, -0.2) is 9.79 Å². The largest absolute Gasteiger partial charge is 0.460 e. The summed E-state index contributed by atoms with van der Waals surface area (Å²) in [5, 5.41) is 0.651. The zero-order valence-electron chi connectivity index (χ0n) is 15.2. The molecule has 1 atom stereocenters. The number of amidine groups is 1. The first-order chi connectivity index (χ1) is 12.5. The molecule has 138 valence electrons. The number of allylic oxidation sites excluding steroid dienone is 1. The molecule has 1 fully saturated rings. The third-order valence-electron chi connectivity index (χ3n) is 4.34. The van der Waals surface area contributed by atoms with Crippen molar-refractivity contribution in [3.05, 3.63) is 46.7 Å². The molecular weight excluding hydrogens is 352 g/mol. The van der Waals surface area contributed by atoms with Crippen LogP contribution >= 0.6 is 11.8 Å². The van der Waals surface area contributed by atoms with E-state index in [9.17, 15) is 9.59 Å². The Morgan fingerprint density at radius 2 is 2.00 bits per heavy atom. The molecule has 1 amide bonds. The molecule has 1 aromatic carbocycles. The van der Waals surface area contributed by atoms with Crippen LogP contribution in [0, 0.1) is 6.92 Å². The van der Waals surface area contributed by atoms with Crippen LogP contribution in [0.25, 0.3) is 0 Å². The maximum absolute atomic E-state index is 12.8. The molecule has 0 aromatic heterocycles. The number of esters is 1. The average Bonchev–Trinajstić information content (AvgIpc) is 2.61. The van der Waals surface area contributed by atoms with Crippen molar-refractivity contribution in [2.24, 2.45) is 4.99 Å². The van der Waals surface area contributed by atoms with Crippen LogP contribution in [-0.2, 0) is 19.1 Å². The molecule has 1 aromatic rings. The lowest BCUT2D eigenvalue weighted by molar-refractivity contribution is -0.141. The second kappa shape index (κ2) is 8.05. The van der Waals surface area contributed by atoms with Crippen molar-refractivity contribution in [2.75, 3.05) is 26.1 Å². The van der Waals surface area contributed by atoms with Crippen molar-refractivity contribution in [1.82, 2.24) is 4.90 Å². The molecule has 2 heterocycles. The normalized spacial score (nSPS) is 20.0. The van der Waals surface area contributed by atoms with Crippen LogP contribution in [0.5, 0.6) is 0 Å². The lowest BCUT2D eigenvalue weighted by Crippen LogP contribution is -2.45. The maximum atomic E-state index is 12.8. The highest BCUT2D eigenvalue weighted by Gasteiger charge is 2.41. The summed E-state index contributed by atoms with van der Waals surface area (Å²) in [6.45, 7) is 4.27. The Hall–Kier alpha value is -2.12. The van der Waals surface area contributed by atoms with Crippen LogP contribution in [0.4, 0.5) is 0 Å². The molecule has 7 heteroatoms. The number of benzene rings is 1. The van der Waals surface area contributed by atoms with Gasteiger partial charge in [0.05, 0.1) is 23.9 Å². The fourth-order valence-electron chi connectivity index (χ4n) is 3.02. The second-order valence-electron chi connectivity index (χ2n) is 6.20. The van der Waals surface area contributed by atoms with Gasteiger partial charge in [0.1, 0.15) is 6.61 Å². The summed E-state index contributed by atoms with van der Waals surface area (Å²) in [6.07, 6.45) is 0.428. The molecule has 2 aliphatic heterocycles. The first-order valence-corrected chi connectivity index (χ1v) is 9.48. The van der Waals surface area contributed by atoms with E-state index < -0.39 is 12.0 Å². The van der Waals surface area contributed by atoms with Crippen molar-refractivity contribution in [2.45, 2.75) is 26.3 Å². The highest BCUT2D eigenvalue weighted by molar-refractivity contribution is 8.14. The number of thioether (sulfide) groups is 1. The van der Waals surface area contributed by atoms with Gasteiger partial charge in [0.15, 0.2) is 5.17 Å². The van der Waals surface area contributed by atoms with E-state index in [-0.39, 0.29) is 12.5 Å². The predicted octanol–water partition coefficient (Wildman–Crippen LogP) is 2.83. The van der Waals surface area contributed by atoms with Crippen LogP contribution in [0.3, 0.4) is 0 Å². The number of methoxy groups -OCH3 is 1. The molecule has 0 saturated carbocycles. The number of carbonyl (C=O) groups is 2. The molecule has 0 N–H and O–H groups in total. The van der Waals surface area contributed by atoms with Gasteiger partial charge in [-0.2, -0.15) is 0 Å². The smallest absolute Gasteiger partial charge is 0.338 e. The van der Waals surface area contributed by atoms with Crippen molar-refractivity contribution in [1.29, 1.82) is 0 Å². The number of aliphatic imine (C=N–C) groups is 1. The van der Waals surface area contributed by atoms with Gasteiger partial charge in [0, 0.05) is 19.3 Å². The minimum atomic E-state index is -0.515. The zero-order valence-corrected chi connectivity index (χ0v) is 16.0. The molecule has 0 aliphatic carbocycles. The van der Waals surface area contributed by atoms with E-state index in [1.165, 1.54) is 0 Å². The molecule has 3 rings (SSSR count). The van der Waals surface area contributed by atoms with Crippen LogP contribution in [0.1, 0.15) is 30.5 Å². The monoisotopic (exact) mass is 374 g/mol. The topological polar surface area (TPSA) is 68.2 Å². The summed E-state index contributed by atoms with van der Waals surface area (Å²) < 4.78 is 10.3. The van der Waals surface area contributed by atoms with Crippen molar-refractivity contribution in [3.63, 3.8) is 0 Å². The Bertz CT molecular complexity index is 770. The molecular formula is C19H22N2O4S. The standard InChI is InChI=1S/C19H22N2O4S/c1-12-4-6-14(7-5-12)17-16(18(23)25-10-9-24-3)13(2)20-19-21(17)15(22)8-11-26-19/h4-7,17H,8-11H2,1-3H3/t17-/m1/s1. The molecule has 2 aliphatic rings. The highest BCUT2D eigenvalue weighted by atomic mass is 32.2. The number of aryl methyl sites for hydroxylation is 1. The van der Waals surface area contributed by atoms with Gasteiger partial charge in [-0.3, -0.25) is 9.69 Å². The number of ether oxygens (including phenoxy) is 2. The van der Waals surface area contributed by atoms with Crippen LogP contribution in [0.15, 0.2) is 40.5 Å². The molecule has 1 saturated heterocycles. The predicted molar refractivity (Wildman–Crippen MR) is 101 cm³/mol. The minimum absolute atomic E-state index is 0.0252. The van der Waals surface area contributed by atoms with E-state index in [1.807, 2.05) is 31.2 Å². The lowest BCUT2D eigenvalue weighted by atomic mass is 9.93. The highest BCUT2D eigenvalue weighted by Crippen LogP contribution is 2.40. The number of nitrogens with zero attached hydrogens (tertiary/aromatic N) is 2. The molecule has 6 nitrogen and oxygen atoms in total. The van der Waals surface area contributed by atoms with E-state index in [0.29, 0.717) is 35.2 Å². The summed E-state index contributed by atoms with van der Waals surface area (Å²) >= 11 is 1.54. The lowest BCUT2D eigenvalue weighted by Gasteiger charge is -2.38. The minimum Gasteiger partial charge on any atom is -0.460 e. The summed E-state index contributed by atoms with van der Waals surface area (Å²) in [5.74, 6) is 0.217. The first-order valence-electron chi connectivity index (χ1n) is 8.50. The van der Waals surface area contributed by atoms with Crippen LogP contribution in [-0.4, -0.2) is 48.0 Å². The Kier molecular flexibility index (Phi) is 5.78. The Morgan fingerprint density at radius 3 is 2.69 bits per heavy atom. The Morgan fingerprint density at radius 1 is 1.27 bits per heavy atom. The second-order valence-corrected chi connectivity index (χ2v) is 7.26. The quantitative estimate of drug-likeness (QED) is 0.586. The summed E-state index contributed by atoms with van der Waals surface area (Å²) in [6, 6.07) is 7.34. The third kappa shape index (κ3) is 3.68. The first kappa shape index (κ1) is 18.7. The van der Waals surface area contributed by atoms with E-state index in [2.05, 4.69) is 4.99 Å². The molecule has 26 heavy (non-hydrogen) atoms. The van der Waals surface area contributed by atoms with Gasteiger partial charge in [-0.1, -0.05) is 41.6 Å². The van der Waals surface area contributed by atoms with E-state index >= 15 is 0 Å². The van der Waals surface area contributed by atoms with Crippen LogP contribution in [0.2, 0.25) is 0 Å². The Labute approximate surface area is 157 Å². The van der Waals surface area contributed by atoms with Crippen molar-refractivity contribution >= 4 is 28.8 Å². The SMILES string of the molecule is COCCOC(=O)C1=C(C)N=C2SCCC(=O)N2[C@@H]1c1ccc(C)cc1. The van der Waals surface area contributed by atoms with Gasteiger partial charge in [0.25, 0.3) is 0 Å². The zero-order chi connectivity index (χ0) is 18.7. The number of hydrogen-bond acceptors (Lipinski definition) is 6. The van der Waals surface area contributed by atoms with E-state index in [0.717, 1.165) is 11.1 Å². The number of rotatable bonds is 5. The van der Waals surface area contributed by atoms with Gasteiger partial charge in [-0.15, -0.1) is 0 Å². The number of amides is 1. The Balaban J connectivity index is 2.03. The maximum Gasteiger partial charge on any atom is 0.338 e. The average molecular weight is 374 g/mol. The van der Waals surface area contributed by atoms with E-state index in [4.69, 9.17) is 9.47 Å². The fourth-order valence-corrected chi connectivity index (χ4v) is 4.02. The molecule has 0 bridgehead atoms. The molecule has 0 radical (unpaired) electrons. The van der Waals surface area contributed by atoms with Gasteiger partial charge in [-0.05, 0) is 19.4 Å². The molecule has 0 spiro atoms. The van der Waals surface area contributed by atoms with Gasteiger partial charge < -0.3 is 9.47 Å². The number of fused-ring (bicyclic) bond motifs is 1. The van der Waals surface area contributed by atoms with Crippen molar-refractivity contribution < 1.29 is 19.1 Å². The van der Waals surface area contributed by atoms with E-state index in [1.54, 1.807) is 30.7 Å². The van der Waals surface area contributed by atoms with Gasteiger partial charge in [0.2, 0.25) is 5.91 Å². The number of carbonyl (C=O) groups excluding carboxylic acids is 2. The summed E-state index contributed by atoms with van der Waals surface area (Å²) in [4.78, 5) is 31.6.